The molecule has 0 saturated heterocycles. The summed E-state index contributed by atoms with van der Waals surface area (Å²) >= 11 is 0. The van der Waals surface area contributed by atoms with Gasteiger partial charge >= 0.3 is 0 Å². The molecule has 88 valence electrons. The Labute approximate surface area is 96.5 Å². The number of pyridine rings is 1. The standard InChI is InChI=1S/C13H19NO2/c1-10-2-4-12(5-3-10)16-13-6-7-14-11(8-13)9-15/h6-8,10,12,15H,2-5,9H2,1H3/t10-,12-. The van der Waals surface area contributed by atoms with Gasteiger partial charge in [0.2, 0.25) is 0 Å². The van der Waals surface area contributed by atoms with Crippen molar-refractivity contribution >= 4 is 0 Å². The summed E-state index contributed by atoms with van der Waals surface area (Å²) < 4.78 is 5.90. The molecule has 1 heterocycles. The Morgan fingerprint density at radius 1 is 1.38 bits per heavy atom. The van der Waals surface area contributed by atoms with Crippen molar-refractivity contribution in [2.24, 2.45) is 5.92 Å². The fraction of sp³-hybridized carbons (Fsp3) is 0.615. The topological polar surface area (TPSA) is 42.4 Å². The zero-order chi connectivity index (χ0) is 11.4. The monoisotopic (exact) mass is 221 g/mol. The Morgan fingerprint density at radius 2 is 2.12 bits per heavy atom. The highest BCUT2D eigenvalue weighted by Crippen LogP contribution is 2.27. The van der Waals surface area contributed by atoms with Gasteiger partial charge in [-0.3, -0.25) is 4.98 Å². The maximum absolute atomic E-state index is 8.98. The van der Waals surface area contributed by atoms with Gasteiger partial charge in [0, 0.05) is 12.3 Å². The lowest BCUT2D eigenvalue weighted by atomic mass is 9.89. The molecule has 1 fully saturated rings. The van der Waals surface area contributed by atoms with E-state index in [1.165, 1.54) is 12.8 Å². The Kier molecular flexibility index (Phi) is 3.78. The van der Waals surface area contributed by atoms with Crippen molar-refractivity contribution in [1.29, 1.82) is 0 Å². The van der Waals surface area contributed by atoms with Crippen molar-refractivity contribution in [3.05, 3.63) is 24.0 Å². The van der Waals surface area contributed by atoms with Crippen LogP contribution in [0.4, 0.5) is 0 Å². The predicted octanol–water partition coefficient (Wildman–Crippen LogP) is 2.53. The maximum atomic E-state index is 8.98. The van der Waals surface area contributed by atoms with Crippen LogP contribution in [0, 0.1) is 5.92 Å². The summed E-state index contributed by atoms with van der Waals surface area (Å²) in [5.74, 6) is 1.67. The molecule has 0 amide bonds. The smallest absolute Gasteiger partial charge is 0.123 e. The number of hydrogen-bond donors (Lipinski definition) is 1. The van der Waals surface area contributed by atoms with Gasteiger partial charge in [-0.05, 0) is 37.7 Å². The molecule has 0 radical (unpaired) electrons. The summed E-state index contributed by atoms with van der Waals surface area (Å²) in [6.45, 7) is 2.27. The number of aromatic nitrogens is 1. The second-order valence-corrected chi connectivity index (χ2v) is 4.64. The Balaban J connectivity index is 1.93. The van der Waals surface area contributed by atoms with Gasteiger partial charge in [-0.15, -0.1) is 0 Å². The second kappa shape index (κ2) is 5.30. The third kappa shape index (κ3) is 2.95. The van der Waals surface area contributed by atoms with Crippen molar-refractivity contribution < 1.29 is 9.84 Å². The van der Waals surface area contributed by atoms with E-state index in [0.717, 1.165) is 24.5 Å². The van der Waals surface area contributed by atoms with Crippen molar-refractivity contribution in [1.82, 2.24) is 4.98 Å². The van der Waals surface area contributed by atoms with E-state index in [9.17, 15) is 0 Å². The molecule has 0 aromatic carbocycles. The first-order valence-corrected chi connectivity index (χ1v) is 6.00. The average Bonchev–Trinajstić information content (AvgIpc) is 2.32. The van der Waals surface area contributed by atoms with Crippen LogP contribution in [-0.2, 0) is 6.61 Å². The lowest BCUT2D eigenvalue weighted by molar-refractivity contribution is 0.135. The van der Waals surface area contributed by atoms with Crippen LogP contribution in [0.2, 0.25) is 0 Å². The molecule has 3 nitrogen and oxygen atoms in total. The molecule has 1 aromatic rings. The van der Waals surface area contributed by atoms with E-state index in [2.05, 4.69) is 11.9 Å². The van der Waals surface area contributed by atoms with Gasteiger partial charge in [-0.1, -0.05) is 6.92 Å². The number of rotatable bonds is 3. The van der Waals surface area contributed by atoms with E-state index in [-0.39, 0.29) is 6.61 Å². The Morgan fingerprint density at radius 3 is 2.81 bits per heavy atom. The third-order valence-electron chi connectivity index (χ3n) is 3.22. The number of ether oxygens (including phenoxy) is 1. The molecule has 0 unspecified atom stereocenters. The molecular formula is C13H19NO2. The number of aliphatic hydroxyl groups excluding tert-OH is 1. The van der Waals surface area contributed by atoms with Crippen molar-refractivity contribution in [2.75, 3.05) is 0 Å². The molecule has 16 heavy (non-hydrogen) atoms. The largest absolute Gasteiger partial charge is 0.490 e. The van der Waals surface area contributed by atoms with E-state index in [4.69, 9.17) is 9.84 Å². The summed E-state index contributed by atoms with van der Waals surface area (Å²) in [5, 5.41) is 8.98. The third-order valence-corrected chi connectivity index (χ3v) is 3.22. The van der Waals surface area contributed by atoms with Crippen LogP contribution in [0.15, 0.2) is 18.3 Å². The van der Waals surface area contributed by atoms with Gasteiger partial charge in [0.1, 0.15) is 5.75 Å². The predicted molar refractivity (Wildman–Crippen MR) is 62.2 cm³/mol. The molecule has 1 saturated carbocycles. The van der Waals surface area contributed by atoms with Gasteiger partial charge in [-0.25, -0.2) is 0 Å². The fourth-order valence-electron chi connectivity index (χ4n) is 2.16. The van der Waals surface area contributed by atoms with Crippen LogP contribution in [0.1, 0.15) is 38.3 Å². The molecule has 3 heteroatoms. The summed E-state index contributed by atoms with van der Waals surface area (Å²) in [7, 11) is 0. The van der Waals surface area contributed by atoms with E-state index in [0.29, 0.717) is 11.8 Å². The first kappa shape index (κ1) is 11.4. The van der Waals surface area contributed by atoms with Crippen LogP contribution in [-0.4, -0.2) is 16.2 Å². The zero-order valence-electron chi connectivity index (χ0n) is 9.72. The molecule has 1 N–H and O–H groups in total. The summed E-state index contributed by atoms with van der Waals surface area (Å²) in [6, 6.07) is 3.68. The van der Waals surface area contributed by atoms with E-state index < -0.39 is 0 Å². The van der Waals surface area contributed by atoms with Crippen molar-refractivity contribution in [2.45, 2.75) is 45.3 Å². The highest BCUT2D eigenvalue weighted by Gasteiger charge is 2.19. The Hall–Kier alpha value is -1.09. The fourth-order valence-corrected chi connectivity index (χ4v) is 2.16. The van der Waals surface area contributed by atoms with Crippen molar-refractivity contribution in [3.63, 3.8) is 0 Å². The van der Waals surface area contributed by atoms with Crippen LogP contribution >= 0.6 is 0 Å². The normalized spacial score (nSPS) is 25.4. The maximum Gasteiger partial charge on any atom is 0.123 e. The zero-order valence-corrected chi connectivity index (χ0v) is 9.72. The van der Waals surface area contributed by atoms with E-state index in [1.54, 1.807) is 6.20 Å². The molecule has 0 atom stereocenters. The Bertz CT molecular complexity index is 332. The van der Waals surface area contributed by atoms with Crippen LogP contribution < -0.4 is 4.74 Å². The summed E-state index contributed by atoms with van der Waals surface area (Å²) in [5.41, 5.74) is 0.668. The molecule has 1 aliphatic rings. The minimum atomic E-state index is -0.0289. The lowest BCUT2D eigenvalue weighted by Crippen LogP contribution is -2.23. The van der Waals surface area contributed by atoms with Gasteiger partial charge in [0.15, 0.2) is 0 Å². The molecular weight excluding hydrogens is 202 g/mol. The van der Waals surface area contributed by atoms with Crippen molar-refractivity contribution in [3.8, 4) is 5.75 Å². The van der Waals surface area contributed by atoms with Gasteiger partial charge in [-0.2, -0.15) is 0 Å². The summed E-state index contributed by atoms with van der Waals surface area (Å²) in [6.07, 6.45) is 6.80. The highest BCUT2D eigenvalue weighted by atomic mass is 16.5. The average molecular weight is 221 g/mol. The van der Waals surface area contributed by atoms with E-state index >= 15 is 0 Å². The lowest BCUT2D eigenvalue weighted by Gasteiger charge is -2.26. The van der Waals surface area contributed by atoms with Gasteiger partial charge in [0.25, 0.3) is 0 Å². The molecule has 2 rings (SSSR count). The second-order valence-electron chi connectivity index (χ2n) is 4.64. The molecule has 0 aliphatic heterocycles. The molecule has 1 aromatic heterocycles. The highest BCUT2D eigenvalue weighted by molar-refractivity contribution is 5.22. The van der Waals surface area contributed by atoms with Crippen LogP contribution in [0.3, 0.4) is 0 Å². The van der Waals surface area contributed by atoms with E-state index in [1.807, 2.05) is 12.1 Å². The van der Waals surface area contributed by atoms with Crippen LogP contribution in [0.25, 0.3) is 0 Å². The summed E-state index contributed by atoms with van der Waals surface area (Å²) in [4.78, 5) is 4.03. The van der Waals surface area contributed by atoms with Crippen LogP contribution in [0.5, 0.6) is 5.75 Å². The molecule has 1 aliphatic carbocycles. The SMILES string of the molecule is C[C@H]1CC[C@H](Oc2ccnc(CO)c2)CC1. The quantitative estimate of drug-likeness (QED) is 0.852. The van der Waals surface area contributed by atoms with Gasteiger partial charge in [0.05, 0.1) is 18.4 Å². The molecule has 0 spiro atoms. The minimum Gasteiger partial charge on any atom is -0.490 e. The minimum absolute atomic E-state index is 0.0289. The first-order chi connectivity index (χ1) is 7.78. The number of aliphatic hydroxyl groups is 1. The molecule has 0 bridgehead atoms. The first-order valence-electron chi connectivity index (χ1n) is 6.00. The number of nitrogens with zero attached hydrogens (tertiary/aromatic N) is 1. The van der Waals surface area contributed by atoms with Gasteiger partial charge < -0.3 is 9.84 Å². The number of hydrogen-bond acceptors (Lipinski definition) is 3.